The third-order valence-electron chi connectivity index (χ3n) is 8.39. The Labute approximate surface area is 252 Å². The smallest absolute Gasteiger partial charge is 0.237 e. The Kier molecular flexibility index (Phi) is 10.0. The van der Waals surface area contributed by atoms with E-state index < -0.39 is 29.2 Å². The van der Waals surface area contributed by atoms with Crippen molar-refractivity contribution >= 4 is 41.1 Å². The molecule has 7 nitrogen and oxygen atoms in total. The van der Waals surface area contributed by atoms with Crippen molar-refractivity contribution in [1.82, 2.24) is 15.5 Å². The van der Waals surface area contributed by atoms with Crippen LogP contribution in [0.1, 0.15) is 57.1 Å². The predicted octanol–water partition coefficient (Wildman–Crippen LogP) is 4.74. The lowest BCUT2D eigenvalue weighted by atomic mass is 9.62. The molecule has 2 aromatic carbocycles. The van der Waals surface area contributed by atoms with Crippen LogP contribution in [0.4, 0.5) is 10.1 Å². The summed E-state index contributed by atoms with van der Waals surface area (Å²) >= 11 is 12.6. The molecule has 4 atom stereocenters. The highest BCUT2D eigenvalue weighted by Gasteiger charge is 2.60. The van der Waals surface area contributed by atoms with Gasteiger partial charge < -0.3 is 30.8 Å². The van der Waals surface area contributed by atoms with E-state index in [1.54, 1.807) is 25.2 Å². The zero-order valence-corrected chi connectivity index (χ0v) is 25.7. The summed E-state index contributed by atoms with van der Waals surface area (Å²) < 4.78 is 15.1. The lowest BCUT2D eigenvalue weighted by Gasteiger charge is -2.39. The Balaban J connectivity index is 1.79. The predicted molar refractivity (Wildman–Crippen MR) is 162 cm³/mol. The Morgan fingerprint density at radius 1 is 1.22 bits per heavy atom. The number of halogens is 3. The SMILES string of the molecule is CNc1cc(Cl)c(F)cc1C1(C=O)C(CC(C)(C)C)NC(C(=O)NCCN2CCC(O)CC2)C1c1cccc(Cl)c1. The fourth-order valence-corrected chi connectivity index (χ4v) is 6.82. The van der Waals surface area contributed by atoms with Gasteiger partial charge >= 0.3 is 0 Å². The van der Waals surface area contributed by atoms with Crippen LogP contribution in [0.25, 0.3) is 0 Å². The van der Waals surface area contributed by atoms with Crippen molar-refractivity contribution < 1.29 is 19.1 Å². The summed E-state index contributed by atoms with van der Waals surface area (Å²) in [6.07, 6.45) is 2.58. The summed E-state index contributed by atoms with van der Waals surface area (Å²) in [7, 11) is 1.70. The van der Waals surface area contributed by atoms with Crippen LogP contribution in [0.15, 0.2) is 36.4 Å². The first kappa shape index (κ1) is 31.7. The zero-order valence-electron chi connectivity index (χ0n) is 24.1. The number of aliphatic hydroxyl groups is 1. The third-order valence-corrected chi connectivity index (χ3v) is 8.91. The summed E-state index contributed by atoms with van der Waals surface area (Å²) in [5.74, 6) is -1.57. The second-order valence-corrected chi connectivity index (χ2v) is 13.3. The summed E-state index contributed by atoms with van der Waals surface area (Å²) in [4.78, 5) is 29.7. The van der Waals surface area contributed by atoms with Gasteiger partial charge in [0.25, 0.3) is 0 Å². The fourth-order valence-electron chi connectivity index (χ4n) is 6.46. The van der Waals surface area contributed by atoms with Crippen molar-refractivity contribution in [3.63, 3.8) is 0 Å². The molecule has 2 aliphatic heterocycles. The van der Waals surface area contributed by atoms with Gasteiger partial charge in [-0.05, 0) is 60.1 Å². The summed E-state index contributed by atoms with van der Waals surface area (Å²) in [5.41, 5.74) is 0.110. The number of hydrogen-bond donors (Lipinski definition) is 4. The third kappa shape index (κ3) is 6.89. The molecule has 4 N–H and O–H groups in total. The minimum Gasteiger partial charge on any atom is -0.393 e. The van der Waals surface area contributed by atoms with Crippen LogP contribution in [-0.2, 0) is 15.0 Å². The van der Waals surface area contributed by atoms with Gasteiger partial charge in [-0.25, -0.2) is 4.39 Å². The number of nitrogens with zero attached hydrogens (tertiary/aromatic N) is 1. The first-order valence-electron chi connectivity index (χ1n) is 14.2. The highest BCUT2D eigenvalue weighted by Crippen LogP contribution is 2.52. The van der Waals surface area contributed by atoms with Crippen molar-refractivity contribution in [3.8, 4) is 0 Å². The van der Waals surface area contributed by atoms with E-state index >= 15 is 4.39 Å². The van der Waals surface area contributed by atoms with Crippen LogP contribution < -0.4 is 16.0 Å². The number of piperidine rings is 1. The van der Waals surface area contributed by atoms with Crippen LogP contribution in [0, 0.1) is 11.2 Å². The highest BCUT2D eigenvalue weighted by molar-refractivity contribution is 6.31. The van der Waals surface area contributed by atoms with Crippen LogP contribution in [0.5, 0.6) is 0 Å². The van der Waals surface area contributed by atoms with Gasteiger partial charge in [-0.15, -0.1) is 0 Å². The molecule has 0 radical (unpaired) electrons. The molecule has 2 aliphatic rings. The number of hydrogen-bond acceptors (Lipinski definition) is 6. The van der Waals surface area contributed by atoms with E-state index in [1.807, 2.05) is 6.07 Å². The molecule has 2 aromatic rings. The normalized spacial score (nSPS) is 25.7. The maximum atomic E-state index is 15.1. The number of aliphatic hydroxyl groups excluding tert-OH is 1. The molecule has 0 bridgehead atoms. The maximum absolute atomic E-state index is 15.1. The van der Waals surface area contributed by atoms with Gasteiger partial charge in [0.2, 0.25) is 5.91 Å². The van der Waals surface area contributed by atoms with E-state index in [1.165, 1.54) is 12.1 Å². The average Bonchev–Trinajstić information content (AvgIpc) is 3.24. The number of benzene rings is 2. The second kappa shape index (κ2) is 13.0. The summed E-state index contributed by atoms with van der Waals surface area (Å²) in [6, 6.07) is 8.69. The van der Waals surface area contributed by atoms with Crippen molar-refractivity contribution in [2.24, 2.45) is 5.41 Å². The van der Waals surface area contributed by atoms with Gasteiger partial charge in [-0.2, -0.15) is 0 Å². The van der Waals surface area contributed by atoms with E-state index in [4.69, 9.17) is 23.2 Å². The molecule has 2 saturated heterocycles. The van der Waals surface area contributed by atoms with Crippen molar-refractivity contribution in [1.29, 1.82) is 0 Å². The Hall–Kier alpha value is -2.23. The quantitative estimate of drug-likeness (QED) is 0.308. The fraction of sp³-hybridized carbons (Fsp3) is 0.548. The van der Waals surface area contributed by atoms with Crippen molar-refractivity contribution in [2.45, 2.75) is 69.6 Å². The second-order valence-electron chi connectivity index (χ2n) is 12.5. The van der Waals surface area contributed by atoms with Crippen LogP contribution in [0.3, 0.4) is 0 Å². The van der Waals surface area contributed by atoms with Crippen LogP contribution in [0.2, 0.25) is 10.0 Å². The minimum atomic E-state index is -1.33. The number of aldehydes is 1. The Morgan fingerprint density at radius 2 is 1.93 bits per heavy atom. The molecule has 224 valence electrons. The number of likely N-dealkylation sites (tertiary alicyclic amines) is 1. The van der Waals surface area contributed by atoms with E-state index in [2.05, 4.69) is 41.6 Å². The molecule has 1 amide bonds. The van der Waals surface area contributed by atoms with Gasteiger partial charge in [0.05, 0.1) is 22.6 Å². The van der Waals surface area contributed by atoms with Gasteiger partial charge in [0.1, 0.15) is 12.1 Å². The van der Waals surface area contributed by atoms with Gasteiger partial charge in [0.15, 0.2) is 0 Å². The summed E-state index contributed by atoms with van der Waals surface area (Å²) in [6.45, 7) is 8.85. The topological polar surface area (TPSA) is 93.7 Å². The van der Waals surface area contributed by atoms with Gasteiger partial charge in [-0.3, -0.25) is 4.79 Å². The number of carbonyl (C=O) groups excluding carboxylic acids is 2. The first-order chi connectivity index (χ1) is 19.4. The molecule has 0 saturated carbocycles. The molecule has 0 aliphatic carbocycles. The lowest BCUT2D eigenvalue weighted by Crippen LogP contribution is -2.48. The average molecular weight is 608 g/mol. The zero-order chi connectivity index (χ0) is 29.9. The monoisotopic (exact) mass is 606 g/mol. The van der Waals surface area contributed by atoms with Crippen molar-refractivity contribution in [3.05, 3.63) is 63.4 Å². The number of carbonyl (C=O) groups is 2. The molecule has 4 unspecified atom stereocenters. The first-order valence-corrected chi connectivity index (χ1v) is 15.0. The standard InChI is InChI=1S/C31H41Cl2FN4O3/c1-30(2,3)17-26-31(18-39,22-15-24(34)23(33)16-25(22)35-4)27(19-6-5-7-20(32)14-19)28(37-26)29(41)36-10-13-38-11-8-21(40)9-12-38/h5-7,14-16,18,21,26-28,35,37,40H,8-13,17H2,1-4H3,(H,36,41). The minimum absolute atomic E-state index is 0.0590. The molecular weight excluding hydrogens is 566 g/mol. The summed E-state index contributed by atoms with van der Waals surface area (Å²) in [5, 5.41) is 19.9. The number of rotatable bonds is 9. The van der Waals surface area contributed by atoms with Crippen LogP contribution >= 0.6 is 23.2 Å². The molecule has 0 aromatic heterocycles. The number of anilines is 1. The van der Waals surface area contributed by atoms with Crippen molar-refractivity contribution in [2.75, 3.05) is 38.5 Å². The molecular formula is C31H41Cl2FN4O3. The Morgan fingerprint density at radius 3 is 2.54 bits per heavy atom. The van der Waals surface area contributed by atoms with E-state index in [9.17, 15) is 14.7 Å². The number of amides is 1. The Bertz CT molecular complexity index is 1250. The molecule has 0 spiro atoms. The molecule has 2 fully saturated rings. The van der Waals surface area contributed by atoms with E-state index in [0.717, 1.165) is 32.2 Å². The largest absolute Gasteiger partial charge is 0.393 e. The van der Waals surface area contributed by atoms with Gasteiger partial charge in [-0.1, -0.05) is 56.1 Å². The highest BCUT2D eigenvalue weighted by atomic mass is 35.5. The van der Waals surface area contributed by atoms with Crippen LogP contribution in [-0.4, -0.2) is 73.6 Å². The molecule has 10 heteroatoms. The molecule has 4 rings (SSSR count). The maximum Gasteiger partial charge on any atom is 0.237 e. The molecule has 41 heavy (non-hydrogen) atoms. The van der Waals surface area contributed by atoms with E-state index in [-0.39, 0.29) is 22.4 Å². The van der Waals surface area contributed by atoms with Gasteiger partial charge in [0, 0.05) is 55.9 Å². The number of nitrogens with one attached hydrogen (secondary N) is 3. The lowest BCUT2D eigenvalue weighted by molar-refractivity contribution is -0.123. The molecule has 2 heterocycles. The van der Waals surface area contributed by atoms with E-state index in [0.29, 0.717) is 41.3 Å².